The highest BCUT2D eigenvalue weighted by atomic mass is 35.5. The SMILES string of the molecule is C#Cc1cc(Cl)cc(C(=O)O)c1NC(=O)OCc1ccccc1. The first-order chi connectivity index (χ1) is 11.0. The van der Waals surface area contributed by atoms with Crippen molar-refractivity contribution in [2.75, 3.05) is 5.32 Å². The number of rotatable bonds is 4. The normalized spacial score (nSPS) is 9.74. The number of benzene rings is 2. The summed E-state index contributed by atoms with van der Waals surface area (Å²) in [7, 11) is 0. The molecule has 2 aromatic carbocycles. The Balaban J connectivity index is 2.17. The number of aromatic carboxylic acids is 1. The Labute approximate surface area is 137 Å². The van der Waals surface area contributed by atoms with Crippen molar-refractivity contribution in [3.8, 4) is 12.3 Å². The van der Waals surface area contributed by atoms with E-state index >= 15 is 0 Å². The third kappa shape index (κ3) is 4.25. The summed E-state index contributed by atoms with van der Waals surface area (Å²) < 4.78 is 5.05. The Morgan fingerprint density at radius 3 is 2.57 bits per heavy atom. The lowest BCUT2D eigenvalue weighted by Gasteiger charge is -2.12. The van der Waals surface area contributed by atoms with E-state index in [4.69, 9.17) is 22.8 Å². The van der Waals surface area contributed by atoms with E-state index in [0.717, 1.165) is 5.56 Å². The minimum absolute atomic E-state index is 0.0255. The molecule has 2 N–H and O–H groups in total. The number of halogens is 1. The van der Waals surface area contributed by atoms with Gasteiger partial charge in [0.05, 0.1) is 16.8 Å². The van der Waals surface area contributed by atoms with Crippen LogP contribution in [0.15, 0.2) is 42.5 Å². The van der Waals surface area contributed by atoms with Crippen LogP contribution in [0.4, 0.5) is 10.5 Å². The Hall–Kier alpha value is -2.97. The molecule has 0 aromatic heterocycles. The van der Waals surface area contributed by atoms with Gasteiger partial charge >= 0.3 is 12.1 Å². The van der Waals surface area contributed by atoms with Crippen LogP contribution >= 0.6 is 11.6 Å². The number of carbonyl (C=O) groups is 2. The molecule has 2 rings (SSSR count). The van der Waals surface area contributed by atoms with Crippen LogP contribution in [-0.2, 0) is 11.3 Å². The van der Waals surface area contributed by atoms with E-state index in [9.17, 15) is 14.7 Å². The topological polar surface area (TPSA) is 75.6 Å². The van der Waals surface area contributed by atoms with Gasteiger partial charge in [0.15, 0.2) is 0 Å². The van der Waals surface area contributed by atoms with Crippen LogP contribution in [0.5, 0.6) is 0 Å². The van der Waals surface area contributed by atoms with Crippen LogP contribution in [-0.4, -0.2) is 17.2 Å². The van der Waals surface area contributed by atoms with Crippen molar-refractivity contribution in [1.29, 1.82) is 0 Å². The van der Waals surface area contributed by atoms with Crippen LogP contribution in [0.3, 0.4) is 0 Å². The number of ether oxygens (including phenoxy) is 1. The maximum Gasteiger partial charge on any atom is 0.412 e. The van der Waals surface area contributed by atoms with Gasteiger partial charge in [-0.05, 0) is 17.7 Å². The van der Waals surface area contributed by atoms with Gasteiger partial charge in [-0.3, -0.25) is 5.32 Å². The molecule has 0 unspecified atom stereocenters. The summed E-state index contributed by atoms with van der Waals surface area (Å²) >= 11 is 5.82. The molecule has 6 heteroatoms. The van der Waals surface area contributed by atoms with Crippen molar-refractivity contribution in [1.82, 2.24) is 0 Å². The zero-order chi connectivity index (χ0) is 16.8. The Kier molecular flexibility index (Phi) is 5.23. The molecule has 0 aliphatic rings. The molecule has 1 amide bonds. The Bertz CT molecular complexity index is 781. The average Bonchev–Trinajstić information content (AvgIpc) is 2.54. The lowest BCUT2D eigenvalue weighted by atomic mass is 10.1. The predicted octanol–water partition coefficient (Wildman–Crippen LogP) is 3.77. The average molecular weight is 330 g/mol. The van der Waals surface area contributed by atoms with Gasteiger partial charge in [0.25, 0.3) is 0 Å². The molecule has 2 aromatic rings. The van der Waals surface area contributed by atoms with Gasteiger partial charge in [0.2, 0.25) is 0 Å². The van der Waals surface area contributed by atoms with Gasteiger partial charge in [0, 0.05) is 5.02 Å². The summed E-state index contributed by atoms with van der Waals surface area (Å²) in [5.41, 5.74) is 0.727. The molecule has 0 aliphatic carbocycles. The summed E-state index contributed by atoms with van der Waals surface area (Å²) in [6.07, 6.45) is 4.53. The number of anilines is 1. The highest BCUT2D eigenvalue weighted by molar-refractivity contribution is 6.31. The fourth-order valence-corrected chi connectivity index (χ4v) is 2.10. The van der Waals surface area contributed by atoms with E-state index in [1.807, 2.05) is 18.2 Å². The Morgan fingerprint density at radius 2 is 1.96 bits per heavy atom. The molecule has 0 atom stereocenters. The zero-order valence-electron chi connectivity index (χ0n) is 11.9. The van der Waals surface area contributed by atoms with Crippen LogP contribution in [0.2, 0.25) is 5.02 Å². The number of carbonyl (C=O) groups excluding carboxylic acids is 1. The highest BCUT2D eigenvalue weighted by Gasteiger charge is 2.18. The van der Waals surface area contributed by atoms with Crippen molar-refractivity contribution in [3.05, 3.63) is 64.2 Å². The minimum atomic E-state index is -1.26. The molecule has 116 valence electrons. The third-order valence-corrected chi connectivity index (χ3v) is 3.15. The molecular weight excluding hydrogens is 318 g/mol. The molecule has 0 heterocycles. The maximum absolute atomic E-state index is 11.9. The van der Waals surface area contributed by atoms with Gasteiger partial charge in [-0.15, -0.1) is 6.42 Å². The van der Waals surface area contributed by atoms with Gasteiger partial charge in [-0.2, -0.15) is 0 Å². The zero-order valence-corrected chi connectivity index (χ0v) is 12.6. The number of nitrogens with one attached hydrogen (secondary N) is 1. The highest BCUT2D eigenvalue weighted by Crippen LogP contribution is 2.26. The molecule has 0 fully saturated rings. The second-order valence-corrected chi connectivity index (χ2v) is 4.95. The molecule has 23 heavy (non-hydrogen) atoms. The summed E-state index contributed by atoms with van der Waals surface area (Å²) in [6.45, 7) is 0.0497. The Morgan fingerprint density at radius 1 is 1.26 bits per heavy atom. The maximum atomic E-state index is 11.9. The van der Waals surface area contributed by atoms with Gasteiger partial charge in [-0.1, -0.05) is 47.9 Å². The van der Waals surface area contributed by atoms with Crippen molar-refractivity contribution >= 4 is 29.4 Å². The number of carboxylic acids is 1. The van der Waals surface area contributed by atoms with Crippen LogP contribution in [0.25, 0.3) is 0 Å². The molecule has 0 radical (unpaired) electrons. The first-order valence-corrected chi connectivity index (χ1v) is 6.90. The number of hydrogen-bond donors (Lipinski definition) is 2. The van der Waals surface area contributed by atoms with E-state index in [1.54, 1.807) is 12.1 Å². The van der Waals surface area contributed by atoms with E-state index in [2.05, 4.69) is 11.2 Å². The summed E-state index contributed by atoms with van der Waals surface area (Å²) in [5, 5.41) is 11.7. The van der Waals surface area contributed by atoms with Crippen molar-refractivity contribution in [3.63, 3.8) is 0 Å². The fourth-order valence-electron chi connectivity index (χ4n) is 1.89. The lowest BCUT2D eigenvalue weighted by Crippen LogP contribution is -2.17. The third-order valence-electron chi connectivity index (χ3n) is 2.93. The van der Waals surface area contributed by atoms with E-state index in [-0.39, 0.29) is 28.4 Å². The fraction of sp³-hybridized carbons (Fsp3) is 0.0588. The van der Waals surface area contributed by atoms with Crippen LogP contribution in [0.1, 0.15) is 21.5 Å². The number of hydrogen-bond acceptors (Lipinski definition) is 3. The molecular formula is C17H12ClNO4. The molecule has 0 saturated heterocycles. The van der Waals surface area contributed by atoms with Crippen molar-refractivity contribution < 1.29 is 19.4 Å². The van der Waals surface area contributed by atoms with Crippen LogP contribution in [0, 0.1) is 12.3 Å². The van der Waals surface area contributed by atoms with Crippen LogP contribution < -0.4 is 5.32 Å². The lowest BCUT2D eigenvalue weighted by molar-refractivity contribution is 0.0698. The van der Waals surface area contributed by atoms with E-state index in [1.165, 1.54) is 12.1 Å². The number of amides is 1. The predicted molar refractivity (Wildman–Crippen MR) is 86.6 cm³/mol. The quantitative estimate of drug-likeness (QED) is 0.837. The minimum Gasteiger partial charge on any atom is -0.478 e. The van der Waals surface area contributed by atoms with Crippen molar-refractivity contribution in [2.24, 2.45) is 0 Å². The smallest absolute Gasteiger partial charge is 0.412 e. The summed E-state index contributed by atoms with van der Waals surface area (Å²) in [5.74, 6) is 1.03. The summed E-state index contributed by atoms with van der Waals surface area (Å²) in [6, 6.07) is 11.7. The van der Waals surface area contributed by atoms with Gasteiger partial charge in [-0.25, -0.2) is 9.59 Å². The molecule has 5 nitrogen and oxygen atoms in total. The molecule has 0 saturated carbocycles. The van der Waals surface area contributed by atoms with Gasteiger partial charge < -0.3 is 9.84 Å². The first kappa shape index (κ1) is 16.4. The largest absolute Gasteiger partial charge is 0.478 e. The molecule has 0 bridgehead atoms. The van der Waals surface area contributed by atoms with E-state index < -0.39 is 12.1 Å². The second-order valence-electron chi connectivity index (χ2n) is 4.51. The number of terminal acetylenes is 1. The van der Waals surface area contributed by atoms with E-state index in [0.29, 0.717) is 0 Å². The summed E-state index contributed by atoms with van der Waals surface area (Å²) in [4.78, 5) is 23.2. The number of carboxylic acid groups (broad SMARTS) is 1. The standard InChI is InChI=1S/C17H12ClNO4/c1-2-12-8-13(18)9-14(16(20)21)15(12)19-17(22)23-10-11-6-4-3-5-7-11/h1,3-9H,10H2,(H,19,22)(H,20,21). The molecule has 0 spiro atoms. The monoisotopic (exact) mass is 329 g/mol. The molecule has 0 aliphatic heterocycles. The van der Waals surface area contributed by atoms with Gasteiger partial charge in [0.1, 0.15) is 6.61 Å². The van der Waals surface area contributed by atoms with Crippen molar-refractivity contribution in [2.45, 2.75) is 6.61 Å². The first-order valence-electron chi connectivity index (χ1n) is 6.52. The second kappa shape index (κ2) is 7.34.